The summed E-state index contributed by atoms with van der Waals surface area (Å²) in [6, 6.07) is 17.3. The third kappa shape index (κ3) is 3.40. The molecule has 0 aromatic heterocycles. The average Bonchev–Trinajstić information content (AvgIpc) is 2.48. The van der Waals surface area contributed by atoms with Crippen LogP contribution in [-0.2, 0) is 0 Å². The highest BCUT2D eigenvalue weighted by molar-refractivity contribution is 5.39. The van der Waals surface area contributed by atoms with Gasteiger partial charge in [0.25, 0.3) is 0 Å². The van der Waals surface area contributed by atoms with Crippen molar-refractivity contribution in [2.24, 2.45) is 0 Å². The van der Waals surface area contributed by atoms with Crippen LogP contribution in [0.2, 0.25) is 0 Å². The van der Waals surface area contributed by atoms with E-state index < -0.39 is 0 Å². The van der Waals surface area contributed by atoms with Gasteiger partial charge in [-0.3, -0.25) is 0 Å². The lowest BCUT2D eigenvalue weighted by atomic mass is 10.0. The van der Waals surface area contributed by atoms with Gasteiger partial charge in [0.15, 0.2) is 0 Å². The van der Waals surface area contributed by atoms with Gasteiger partial charge in [-0.15, -0.1) is 0 Å². The van der Waals surface area contributed by atoms with E-state index in [2.05, 4.69) is 62.5 Å². The predicted octanol–water partition coefficient (Wildman–Crippen LogP) is 4.42. The molecule has 0 saturated heterocycles. The largest absolute Gasteiger partial charge is 0.496 e. The Morgan fingerprint density at radius 3 is 2.30 bits per heavy atom. The van der Waals surface area contributed by atoms with Crippen LogP contribution in [0, 0.1) is 6.92 Å². The highest BCUT2D eigenvalue weighted by Gasteiger charge is 2.14. The van der Waals surface area contributed by atoms with Crippen LogP contribution >= 0.6 is 0 Å². The summed E-state index contributed by atoms with van der Waals surface area (Å²) < 4.78 is 5.47. The fourth-order valence-corrected chi connectivity index (χ4v) is 2.49. The molecule has 2 aromatic carbocycles. The maximum absolute atomic E-state index is 5.47. The van der Waals surface area contributed by atoms with Gasteiger partial charge in [-0.2, -0.15) is 0 Å². The van der Waals surface area contributed by atoms with Crippen molar-refractivity contribution in [2.75, 3.05) is 7.11 Å². The first-order valence-corrected chi connectivity index (χ1v) is 7.07. The van der Waals surface area contributed by atoms with E-state index in [4.69, 9.17) is 4.74 Å². The summed E-state index contributed by atoms with van der Waals surface area (Å²) in [7, 11) is 1.72. The molecule has 0 saturated carbocycles. The minimum absolute atomic E-state index is 0.236. The number of rotatable bonds is 5. The molecular weight excluding hydrogens is 246 g/mol. The van der Waals surface area contributed by atoms with E-state index in [0.717, 1.165) is 5.75 Å². The molecule has 2 rings (SSSR count). The van der Waals surface area contributed by atoms with E-state index >= 15 is 0 Å². The van der Waals surface area contributed by atoms with Crippen LogP contribution in [0.15, 0.2) is 48.5 Å². The minimum atomic E-state index is 0.236. The van der Waals surface area contributed by atoms with Crippen molar-refractivity contribution < 1.29 is 4.74 Å². The topological polar surface area (TPSA) is 21.3 Å². The van der Waals surface area contributed by atoms with E-state index in [9.17, 15) is 0 Å². The SMILES string of the molecule is COc1ccc(C)cc1C(C)N[C@@H](C)c1ccccc1. The zero-order valence-corrected chi connectivity index (χ0v) is 12.7. The lowest BCUT2D eigenvalue weighted by molar-refractivity contribution is 0.396. The molecular formula is C18H23NO. The van der Waals surface area contributed by atoms with E-state index in [1.54, 1.807) is 7.11 Å². The van der Waals surface area contributed by atoms with Gasteiger partial charge in [0.05, 0.1) is 7.11 Å². The van der Waals surface area contributed by atoms with Crippen molar-refractivity contribution in [3.8, 4) is 5.75 Å². The van der Waals surface area contributed by atoms with Gasteiger partial charge < -0.3 is 10.1 Å². The summed E-state index contributed by atoms with van der Waals surface area (Å²) in [5.41, 5.74) is 3.75. The van der Waals surface area contributed by atoms with E-state index in [1.165, 1.54) is 16.7 Å². The zero-order valence-electron chi connectivity index (χ0n) is 12.7. The Balaban J connectivity index is 2.16. The standard InChI is InChI=1S/C18H23NO/c1-13-10-11-18(20-4)17(12-13)15(3)19-14(2)16-8-6-5-7-9-16/h5-12,14-15,19H,1-4H3/t14-,15?/m0/s1. The van der Waals surface area contributed by atoms with E-state index in [1.807, 2.05) is 12.1 Å². The third-order valence-corrected chi connectivity index (χ3v) is 3.65. The fourth-order valence-electron chi connectivity index (χ4n) is 2.49. The molecule has 0 radical (unpaired) electrons. The number of hydrogen-bond donors (Lipinski definition) is 1. The molecule has 0 aliphatic carbocycles. The van der Waals surface area contributed by atoms with Crippen LogP contribution < -0.4 is 10.1 Å². The molecule has 0 bridgehead atoms. The molecule has 20 heavy (non-hydrogen) atoms. The predicted molar refractivity (Wildman–Crippen MR) is 84.1 cm³/mol. The number of hydrogen-bond acceptors (Lipinski definition) is 2. The van der Waals surface area contributed by atoms with Gasteiger partial charge in [0.1, 0.15) is 5.75 Å². The number of aryl methyl sites for hydroxylation is 1. The Bertz CT molecular complexity index is 551. The van der Waals surface area contributed by atoms with E-state index in [-0.39, 0.29) is 6.04 Å². The second-order valence-corrected chi connectivity index (χ2v) is 5.27. The monoisotopic (exact) mass is 269 g/mol. The molecule has 0 fully saturated rings. The molecule has 1 unspecified atom stereocenters. The molecule has 2 nitrogen and oxygen atoms in total. The molecule has 0 aliphatic rings. The quantitative estimate of drug-likeness (QED) is 0.867. The van der Waals surface area contributed by atoms with Crippen molar-refractivity contribution in [2.45, 2.75) is 32.9 Å². The summed E-state index contributed by atoms with van der Waals surface area (Å²) in [4.78, 5) is 0. The van der Waals surface area contributed by atoms with Crippen molar-refractivity contribution in [3.63, 3.8) is 0 Å². The Hall–Kier alpha value is -1.80. The van der Waals surface area contributed by atoms with Crippen molar-refractivity contribution >= 4 is 0 Å². The molecule has 0 spiro atoms. The van der Waals surface area contributed by atoms with Crippen LogP contribution in [0.3, 0.4) is 0 Å². The summed E-state index contributed by atoms with van der Waals surface area (Å²) in [5, 5.41) is 3.63. The maximum Gasteiger partial charge on any atom is 0.123 e. The molecule has 1 N–H and O–H groups in total. The molecule has 0 heterocycles. The first-order chi connectivity index (χ1) is 9.61. The molecule has 2 heteroatoms. The number of ether oxygens (including phenoxy) is 1. The minimum Gasteiger partial charge on any atom is -0.496 e. The zero-order chi connectivity index (χ0) is 14.5. The van der Waals surface area contributed by atoms with Gasteiger partial charge in [-0.05, 0) is 32.4 Å². The first-order valence-electron chi connectivity index (χ1n) is 7.07. The Kier molecular flexibility index (Phi) is 4.80. The van der Waals surface area contributed by atoms with Gasteiger partial charge >= 0.3 is 0 Å². The Morgan fingerprint density at radius 2 is 1.65 bits per heavy atom. The maximum atomic E-state index is 5.47. The summed E-state index contributed by atoms with van der Waals surface area (Å²) in [6.45, 7) is 6.47. The summed E-state index contributed by atoms with van der Waals surface area (Å²) in [6.07, 6.45) is 0. The third-order valence-electron chi connectivity index (χ3n) is 3.65. The Morgan fingerprint density at radius 1 is 0.950 bits per heavy atom. The van der Waals surface area contributed by atoms with Crippen LogP contribution in [0.1, 0.15) is 42.6 Å². The van der Waals surface area contributed by atoms with E-state index in [0.29, 0.717) is 6.04 Å². The second kappa shape index (κ2) is 6.58. The van der Waals surface area contributed by atoms with Crippen LogP contribution in [-0.4, -0.2) is 7.11 Å². The van der Waals surface area contributed by atoms with Gasteiger partial charge in [-0.25, -0.2) is 0 Å². The van der Waals surface area contributed by atoms with Crippen molar-refractivity contribution in [1.82, 2.24) is 5.32 Å². The molecule has 0 amide bonds. The first kappa shape index (κ1) is 14.6. The number of nitrogens with one attached hydrogen (secondary N) is 1. The van der Waals surface area contributed by atoms with Gasteiger partial charge in [0.2, 0.25) is 0 Å². The average molecular weight is 269 g/mol. The fraction of sp³-hybridized carbons (Fsp3) is 0.333. The molecule has 2 atom stereocenters. The molecule has 2 aromatic rings. The molecule has 106 valence electrons. The van der Waals surface area contributed by atoms with Crippen LogP contribution in [0.25, 0.3) is 0 Å². The summed E-state index contributed by atoms with van der Waals surface area (Å²) in [5.74, 6) is 0.941. The van der Waals surface area contributed by atoms with Crippen LogP contribution in [0.5, 0.6) is 5.75 Å². The normalized spacial score (nSPS) is 13.8. The van der Waals surface area contributed by atoms with Gasteiger partial charge in [0, 0.05) is 17.6 Å². The van der Waals surface area contributed by atoms with Gasteiger partial charge in [-0.1, -0.05) is 48.0 Å². The second-order valence-electron chi connectivity index (χ2n) is 5.27. The smallest absolute Gasteiger partial charge is 0.123 e. The van der Waals surface area contributed by atoms with Crippen LogP contribution in [0.4, 0.5) is 0 Å². The lowest BCUT2D eigenvalue weighted by Gasteiger charge is -2.22. The van der Waals surface area contributed by atoms with Crippen molar-refractivity contribution in [1.29, 1.82) is 0 Å². The lowest BCUT2D eigenvalue weighted by Crippen LogP contribution is -2.23. The van der Waals surface area contributed by atoms with Crippen molar-refractivity contribution in [3.05, 3.63) is 65.2 Å². The number of methoxy groups -OCH3 is 1. The number of benzene rings is 2. The Labute approximate surface area is 121 Å². The molecule has 0 aliphatic heterocycles. The highest BCUT2D eigenvalue weighted by atomic mass is 16.5. The summed E-state index contributed by atoms with van der Waals surface area (Å²) >= 11 is 0. The highest BCUT2D eigenvalue weighted by Crippen LogP contribution is 2.28.